The minimum absolute atomic E-state index is 0.609. The highest BCUT2D eigenvalue weighted by atomic mass is 14.9. The van der Waals surface area contributed by atoms with Crippen molar-refractivity contribution in [3.05, 3.63) is 36.4 Å². The first kappa shape index (κ1) is 5.93. The summed E-state index contributed by atoms with van der Waals surface area (Å²) >= 11 is 0. The van der Waals surface area contributed by atoms with Crippen molar-refractivity contribution in [1.29, 1.82) is 5.26 Å². The SMILES string of the molecule is N#Cc1cncn2cccc12. The summed E-state index contributed by atoms with van der Waals surface area (Å²) in [5.41, 5.74) is 1.51. The first-order chi connectivity index (χ1) is 5.42. The minimum Gasteiger partial charge on any atom is -0.306 e. The Morgan fingerprint density at radius 3 is 3.27 bits per heavy atom. The van der Waals surface area contributed by atoms with E-state index in [1.165, 1.54) is 0 Å². The summed E-state index contributed by atoms with van der Waals surface area (Å²) < 4.78 is 1.82. The molecule has 2 heterocycles. The van der Waals surface area contributed by atoms with E-state index in [1.807, 2.05) is 22.7 Å². The molecule has 0 aliphatic rings. The van der Waals surface area contributed by atoms with E-state index in [2.05, 4.69) is 11.1 Å². The first-order valence-corrected chi connectivity index (χ1v) is 3.22. The van der Waals surface area contributed by atoms with Crippen LogP contribution in [-0.4, -0.2) is 9.38 Å². The topological polar surface area (TPSA) is 41.1 Å². The van der Waals surface area contributed by atoms with Crippen LogP contribution in [0.1, 0.15) is 5.56 Å². The molecule has 0 bridgehead atoms. The molecule has 2 rings (SSSR count). The van der Waals surface area contributed by atoms with Gasteiger partial charge < -0.3 is 4.40 Å². The zero-order valence-corrected chi connectivity index (χ0v) is 5.73. The van der Waals surface area contributed by atoms with Crippen molar-refractivity contribution < 1.29 is 0 Å². The zero-order chi connectivity index (χ0) is 7.68. The summed E-state index contributed by atoms with van der Waals surface area (Å²) in [4.78, 5) is 3.90. The number of hydrogen-bond acceptors (Lipinski definition) is 2. The molecule has 0 aromatic carbocycles. The predicted molar refractivity (Wildman–Crippen MR) is 39.9 cm³/mol. The maximum absolute atomic E-state index is 8.65. The van der Waals surface area contributed by atoms with Gasteiger partial charge in [-0.3, -0.25) is 0 Å². The predicted octanol–water partition coefficient (Wildman–Crippen LogP) is 1.21. The standard InChI is InChI=1S/C8H5N3/c9-4-7-5-10-6-11-3-1-2-8(7)11/h1-3,5-6H. The lowest BCUT2D eigenvalue weighted by molar-refractivity contribution is 1.09. The van der Waals surface area contributed by atoms with Crippen LogP contribution in [0.25, 0.3) is 5.52 Å². The van der Waals surface area contributed by atoms with Crippen molar-refractivity contribution in [2.45, 2.75) is 0 Å². The molecular weight excluding hydrogens is 138 g/mol. The third-order valence-corrected chi connectivity index (χ3v) is 1.57. The van der Waals surface area contributed by atoms with Crippen LogP contribution in [0.3, 0.4) is 0 Å². The normalized spacial score (nSPS) is 9.73. The average molecular weight is 143 g/mol. The molecule has 3 heteroatoms. The quantitative estimate of drug-likeness (QED) is 0.556. The second kappa shape index (κ2) is 2.10. The smallest absolute Gasteiger partial charge is 0.103 e. The van der Waals surface area contributed by atoms with Crippen LogP contribution in [-0.2, 0) is 0 Å². The maximum Gasteiger partial charge on any atom is 0.103 e. The Morgan fingerprint density at radius 1 is 1.55 bits per heavy atom. The molecule has 0 fully saturated rings. The number of nitriles is 1. The van der Waals surface area contributed by atoms with Crippen LogP contribution < -0.4 is 0 Å². The van der Waals surface area contributed by atoms with Crippen LogP contribution in [0.5, 0.6) is 0 Å². The Bertz CT molecular complexity index is 422. The van der Waals surface area contributed by atoms with Crippen molar-refractivity contribution in [2.75, 3.05) is 0 Å². The molecule has 0 radical (unpaired) electrons. The fourth-order valence-corrected chi connectivity index (χ4v) is 1.05. The summed E-state index contributed by atoms with van der Waals surface area (Å²) in [5.74, 6) is 0. The second-order valence-electron chi connectivity index (χ2n) is 2.22. The van der Waals surface area contributed by atoms with Crippen LogP contribution in [0.4, 0.5) is 0 Å². The summed E-state index contributed by atoms with van der Waals surface area (Å²) in [5, 5.41) is 8.65. The van der Waals surface area contributed by atoms with Gasteiger partial charge in [-0.25, -0.2) is 4.98 Å². The van der Waals surface area contributed by atoms with Crippen LogP contribution in [0, 0.1) is 11.3 Å². The molecule has 0 atom stereocenters. The molecule has 0 saturated carbocycles. The second-order valence-corrected chi connectivity index (χ2v) is 2.22. The summed E-state index contributed by atoms with van der Waals surface area (Å²) in [6.07, 6.45) is 5.11. The first-order valence-electron chi connectivity index (χ1n) is 3.22. The van der Waals surface area contributed by atoms with Gasteiger partial charge in [0.05, 0.1) is 17.4 Å². The van der Waals surface area contributed by atoms with Crippen LogP contribution >= 0.6 is 0 Å². The lowest BCUT2D eigenvalue weighted by Gasteiger charge is -1.92. The van der Waals surface area contributed by atoms with Crippen LogP contribution in [0.2, 0.25) is 0 Å². The molecule has 2 aromatic heterocycles. The summed E-state index contributed by atoms with van der Waals surface area (Å²) in [6, 6.07) is 5.85. The van der Waals surface area contributed by atoms with E-state index in [0.717, 1.165) is 5.52 Å². The Balaban J connectivity index is 2.92. The molecule has 0 aliphatic carbocycles. The highest BCUT2D eigenvalue weighted by Gasteiger charge is 1.97. The highest BCUT2D eigenvalue weighted by Crippen LogP contribution is 2.07. The molecular formula is C8H5N3. The molecule has 52 valence electrons. The van der Waals surface area contributed by atoms with Gasteiger partial charge in [0.25, 0.3) is 0 Å². The Hall–Kier alpha value is -1.82. The Kier molecular flexibility index (Phi) is 1.13. The van der Waals surface area contributed by atoms with E-state index in [1.54, 1.807) is 12.5 Å². The Labute approximate surface area is 63.5 Å². The van der Waals surface area contributed by atoms with Gasteiger partial charge in [-0.1, -0.05) is 0 Å². The number of aromatic nitrogens is 2. The molecule has 2 aromatic rings. The van der Waals surface area contributed by atoms with Crippen molar-refractivity contribution in [2.24, 2.45) is 0 Å². The van der Waals surface area contributed by atoms with Crippen molar-refractivity contribution in [3.63, 3.8) is 0 Å². The van der Waals surface area contributed by atoms with Gasteiger partial charge in [-0.15, -0.1) is 0 Å². The third kappa shape index (κ3) is 0.767. The minimum atomic E-state index is 0.609. The monoisotopic (exact) mass is 143 g/mol. The van der Waals surface area contributed by atoms with E-state index in [-0.39, 0.29) is 0 Å². The highest BCUT2D eigenvalue weighted by molar-refractivity contribution is 5.59. The third-order valence-electron chi connectivity index (χ3n) is 1.57. The van der Waals surface area contributed by atoms with Crippen molar-refractivity contribution >= 4 is 5.52 Å². The van der Waals surface area contributed by atoms with Gasteiger partial charge in [0.1, 0.15) is 6.07 Å². The number of nitrogens with zero attached hydrogens (tertiary/aromatic N) is 3. The van der Waals surface area contributed by atoms with Gasteiger partial charge in [0.15, 0.2) is 0 Å². The van der Waals surface area contributed by atoms with Gasteiger partial charge in [-0.2, -0.15) is 5.26 Å². The molecule has 0 aliphatic heterocycles. The summed E-state index contributed by atoms with van der Waals surface area (Å²) in [7, 11) is 0. The molecule has 3 nitrogen and oxygen atoms in total. The van der Waals surface area contributed by atoms with Gasteiger partial charge in [-0.05, 0) is 12.1 Å². The van der Waals surface area contributed by atoms with Crippen LogP contribution in [0.15, 0.2) is 30.9 Å². The van der Waals surface area contributed by atoms with Gasteiger partial charge in [0, 0.05) is 12.4 Å². The average Bonchev–Trinajstić information content (AvgIpc) is 2.50. The molecule has 11 heavy (non-hydrogen) atoms. The van der Waals surface area contributed by atoms with E-state index < -0.39 is 0 Å². The molecule has 0 unspecified atom stereocenters. The van der Waals surface area contributed by atoms with E-state index in [4.69, 9.17) is 5.26 Å². The van der Waals surface area contributed by atoms with Crippen molar-refractivity contribution in [3.8, 4) is 6.07 Å². The molecule has 0 amide bonds. The lowest BCUT2D eigenvalue weighted by Crippen LogP contribution is -1.87. The molecule has 0 N–H and O–H groups in total. The molecule has 0 saturated heterocycles. The fraction of sp³-hybridized carbons (Fsp3) is 0. The largest absolute Gasteiger partial charge is 0.306 e. The van der Waals surface area contributed by atoms with E-state index in [9.17, 15) is 0 Å². The lowest BCUT2D eigenvalue weighted by atomic mass is 10.3. The number of fused-ring (bicyclic) bond motifs is 1. The van der Waals surface area contributed by atoms with Gasteiger partial charge in [0.2, 0.25) is 0 Å². The zero-order valence-electron chi connectivity index (χ0n) is 5.73. The Morgan fingerprint density at radius 2 is 2.45 bits per heavy atom. The molecule has 0 spiro atoms. The summed E-state index contributed by atoms with van der Waals surface area (Å²) in [6.45, 7) is 0. The number of rotatable bonds is 0. The van der Waals surface area contributed by atoms with E-state index in [0.29, 0.717) is 5.56 Å². The number of hydrogen-bond donors (Lipinski definition) is 0. The van der Waals surface area contributed by atoms with Crippen molar-refractivity contribution in [1.82, 2.24) is 9.38 Å². The van der Waals surface area contributed by atoms with E-state index >= 15 is 0 Å². The maximum atomic E-state index is 8.65. The fourth-order valence-electron chi connectivity index (χ4n) is 1.05. The van der Waals surface area contributed by atoms with Gasteiger partial charge >= 0.3 is 0 Å².